The average Bonchev–Trinajstić information content (AvgIpc) is 2.35. The quantitative estimate of drug-likeness (QED) is 0.740. The highest BCUT2D eigenvalue weighted by atomic mass is 15.2. The van der Waals surface area contributed by atoms with Gasteiger partial charge in [0.05, 0.1) is 0 Å². The first-order chi connectivity index (χ1) is 7.72. The minimum absolute atomic E-state index is 0.697. The van der Waals surface area contributed by atoms with Gasteiger partial charge in [-0.1, -0.05) is 13.8 Å². The predicted molar refractivity (Wildman–Crippen MR) is 70.9 cm³/mol. The van der Waals surface area contributed by atoms with E-state index in [9.17, 15) is 0 Å². The Balaban J connectivity index is 2.39. The first kappa shape index (κ1) is 13.9. The summed E-state index contributed by atoms with van der Waals surface area (Å²) in [4.78, 5) is 5.16. The van der Waals surface area contributed by atoms with Crippen LogP contribution in [0.1, 0.15) is 33.1 Å². The summed E-state index contributed by atoms with van der Waals surface area (Å²) in [6.07, 6.45) is 3.92. The molecule has 1 aliphatic heterocycles. The maximum absolute atomic E-state index is 3.31. The Kier molecular flexibility index (Phi) is 6.32. The van der Waals surface area contributed by atoms with E-state index in [2.05, 4.69) is 43.1 Å². The normalized spacial score (nSPS) is 21.6. The molecule has 1 rings (SSSR count). The molecule has 0 aromatic rings. The van der Waals surface area contributed by atoms with Gasteiger partial charge in [0.15, 0.2) is 0 Å². The number of likely N-dealkylation sites (N-methyl/N-ethyl adjacent to an activating group) is 2. The molecule has 0 saturated carbocycles. The van der Waals surface area contributed by atoms with E-state index in [1.807, 2.05) is 0 Å². The van der Waals surface area contributed by atoms with Gasteiger partial charge in [-0.15, -0.1) is 0 Å². The lowest BCUT2D eigenvalue weighted by molar-refractivity contribution is 0.0966. The van der Waals surface area contributed by atoms with Crippen molar-refractivity contribution in [1.29, 1.82) is 0 Å². The number of nitrogens with zero attached hydrogens (tertiary/aromatic N) is 2. The Hall–Kier alpha value is -0.120. The second kappa shape index (κ2) is 7.25. The zero-order valence-corrected chi connectivity index (χ0v) is 11.5. The number of piperidine rings is 1. The van der Waals surface area contributed by atoms with E-state index in [1.54, 1.807) is 0 Å². The van der Waals surface area contributed by atoms with Crippen LogP contribution in [0.4, 0.5) is 0 Å². The second-order valence-corrected chi connectivity index (χ2v) is 4.95. The Labute approximate surface area is 101 Å². The van der Waals surface area contributed by atoms with Crippen LogP contribution in [0.25, 0.3) is 0 Å². The average molecular weight is 227 g/mol. The van der Waals surface area contributed by atoms with Crippen LogP contribution < -0.4 is 5.32 Å². The van der Waals surface area contributed by atoms with Crippen molar-refractivity contribution >= 4 is 0 Å². The van der Waals surface area contributed by atoms with Crippen LogP contribution in [0.5, 0.6) is 0 Å². The third kappa shape index (κ3) is 3.72. The van der Waals surface area contributed by atoms with Crippen molar-refractivity contribution in [1.82, 2.24) is 15.1 Å². The number of hydrogen-bond acceptors (Lipinski definition) is 3. The Morgan fingerprint density at radius 2 is 1.94 bits per heavy atom. The molecule has 0 aliphatic carbocycles. The molecule has 0 bridgehead atoms. The standard InChI is InChI=1S/C13H29N3/c1-5-12(11-14-3)15(4)13-7-9-16(6-2)10-8-13/h12-14H,5-11H2,1-4H3. The van der Waals surface area contributed by atoms with Crippen LogP contribution in [0.3, 0.4) is 0 Å². The maximum Gasteiger partial charge on any atom is 0.0217 e. The fraction of sp³-hybridized carbons (Fsp3) is 1.00. The van der Waals surface area contributed by atoms with E-state index < -0.39 is 0 Å². The van der Waals surface area contributed by atoms with Crippen LogP contribution in [0.2, 0.25) is 0 Å². The molecule has 1 atom stereocenters. The minimum Gasteiger partial charge on any atom is -0.318 e. The summed E-state index contributed by atoms with van der Waals surface area (Å²) in [6.45, 7) is 9.44. The van der Waals surface area contributed by atoms with Gasteiger partial charge < -0.3 is 10.2 Å². The predicted octanol–water partition coefficient (Wildman–Crippen LogP) is 1.40. The van der Waals surface area contributed by atoms with Crippen LogP contribution in [0, 0.1) is 0 Å². The van der Waals surface area contributed by atoms with Gasteiger partial charge in [-0.2, -0.15) is 0 Å². The monoisotopic (exact) mass is 227 g/mol. The summed E-state index contributed by atoms with van der Waals surface area (Å²) in [5, 5.41) is 3.31. The number of likely N-dealkylation sites (tertiary alicyclic amines) is 1. The summed E-state index contributed by atoms with van der Waals surface area (Å²) >= 11 is 0. The van der Waals surface area contributed by atoms with E-state index in [0.717, 1.165) is 12.6 Å². The van der Waals surface area contributed by atoms with Crippen LogP contribution in [-0.4, -0.2) is 62.2 Å². The van der Waals surface area contributed by atoms with Gasteiger partial charge in [-0.05, 0) is 53.0 Å². The van der Waals surface area contributed by atoms with Crippen molar-refractivity contribution in [3.8, 4) is 0 Å². The molecule has 96 valence electrons. The maximum atomic E-state index is 3.31. The van der Waals surface area contributed by atoms with Crippen molar-refractivity contribution in [2.24, 2.45) is 0 Å². The van der Waals surface area contributed by atoms with Gasteiger partial charge in [0.25, 0.3) is 0 Å². The Morgan fingerprint density at radius 1 is 1.31 bits per heavy atom. The van der Waals surface area contributed by atoms with Crippen molar-refractivity contribution in [2.45, 2.75) is 45.2 Å². The largest absolute Gasteiger partial charge is 0.318 e. The third-order valence-corrected chi connectivity index (χ3v) is 4.07. The van der Waals surface area contributed by atoms with E-state index in [1.165, 1.54) is 38.9 Å². The highest BCUT2D eigenvalue weighted by molar-refractivity contribution is 4.82. The molecule has 0 spiro atoms. The van der Waals surface area contributed by atoms with E-state index in [0.29, 0.717) is 6.04 Å². The second-order valence-electron chi connectivity index (χ2n) is 4.95. The molecular weight excluding hydrogens is 198 g/mol. The molecule has 1 unspecified atom stereocenters. The van der Waals surface area contributed by atoms with E-state index in [-0.39, 0.29) is 0 Å². The topological polar surface area (TPSA) is 18.5 Å². The SMILES string of the molecule is CCC(CNC)N(C)C1CCN(CC)CC1. The molecule has 16 heavy (non-hydrogen) atoms. The molecule has 0 radical (unpaired) electrons. The molecule has 1 aliphatic rings. The van der Waals surface area contributed by atoms with E-state index >= 15 is 0 Å². The Morgan fingerprint density at radius 3 is 2.38 bits per heavy atom. The lowest BCUT2D eigenvalue weighted by Crippen LogP contribution is -2.49. The first-order valence-corrected chi connectivity index (χ1v) is 6.81. The van der Waals surface area contributed by atoms with Crippen molar-refractivity contribution in [2.75, 3.05) is 40.3 Å². The van der Waals surface area contributed by atoms with Gasteiger partial charge >= 0.3 is 0 Å². The Bertz CT molecular complexity index is 176. The van der Waals surface area contributed by atoms with Gasteiger partial charge in [-0.25, -0.2) is 0 Å². The molecule has 3 nitrogen and oxygen atoms in total. The van der Waals surface area contributed by atoms with Gasteiger partial charge in [0.2, 0.25) is 0 Å². The van der Waals surface area contributed by atoms with Crippen molar-refractivity contribution in [3.05, 3.63) is 0 Å². The van der Waals surface area contributed by atoms with Crippen LogP contribution in [0.15, 0.2) is 0 Å². The lowest BCUT2D eigenvalue weighted by atomic mass is 10.0. The molecule has 0 amide bonds. The molecule has 0 aromatic carbocycles. The number of nitrogens with one attached hydrogen (secondary N) is 1. The highest BCUT2D eigenvalue weighted by Crippen LogP contribution is 2.18. The number of rotatable bonds is 6. The summed E-state index contributed by atoms with van der Waals surface area (Å²) in [5.41, 5.74) is 0. The summed E-state index contributed by atoms with van der Waals surface area (Å²) in [7, 11) is 4.36. The zero-order chi connectivity index (χ0) is 12.0. The van der Waals surface area contributed by atoms with Crippen LogP contribution in [-0.2, 0) is 0 Å². The summed E-state index contributed by atoms with van der Waals surface area (Å²) in [6, 6.07) is 1.49. The highest BCUT2D eigenvalue weighted by Gasteiger charge is 2.25. The molecule has 1 fully saturated rings. The molecule has 3 heteroatoms. The molecular formula is C13H29N3. The first-order valence-electron chi connectivity index (χ1n) is 6.81. The fourth-order valence-electron chi connectivity index (χ4n) is 2.75. The smallest absolute Gasteiger partial charge is 0.0217 e. The molecule has 1 N–H and O–H groups in total. The van der Waals surface area contributed by atoms with Crippen LogP contribution >= 0.6 is 0 Å². The fourth-order valence-corrected chi connectivity index (χ4v) is 2.75. The minimum atomic E-state index is 0.697. The number of hydrogen-bond donors (Lipinski definition) is 1. The van der Waals surface area contributed by atoms with Crippen molar-refractivity contribution < 1.29 is 0 Å². The van der Waals surface area contributed by atoms with E-state index in [4.69, 9.17) is 0 Å². The van der Waals surface area contributed by atoms with Gasteiger partial charge in [0, 0.05) is 18.6 Å². The third-order valence-electron chi connectivity index (χ3n) is 4.07. The molecule has 1 heterocycles. The lowest BCUT2D eigenvalue weighted by Gasteiger charge is -2.40. The van der Waals surface area contributed by atoms with Gasteiger partial charge in [-0.3, -0.25) is 4.90 Å². The molecule has 1 saturated heterocycles. The van der Waals surface area contributed by atoms with Crippen molar-refractivity contribution in [3.63, 3.8) is 0 Å². The summed E-state index contributed by atoms with van der Waals surface area (Å²) < 4.78 is 0. The molecule has 0 aromatic heterocycles. The van der Waals surface area contributed by atoms with Gasteiger partial charge in [0.1, 0.15) is 0 Å². The zero-order valence-electron chi connectivity index (χ0n) is 11.5. The summed E-state index contributed by atoms with van der Waals surface area (Å²) in [5.74, 6) is 0.